The van der Waals surface area contributed by atoms with Gasteiger partial charge in [0.1, 0.15) is 5.82 Å². The number of ether oxygens (including phenoxy) is 1. The van der Waals surface area contributed by atoms with Crippen molar-refractivity contribution in [1.82, 2.24) is 9.88 Å². The predicted molar refractivity (Wildman–Crippen MR) is 79.1 cm³/mol. The van der Waals surface area contributed by atoms with Crippen molar-refractivity contribution in [1.29, 1.82) is 0 Å². The smallest absolute Gasteiger partial charge is 0.254 e. The quantitative estimate of drug-likeness (QED) is 0.917. The maximum absolute atomic E-state index is 12.6. The molecule has 5 nitrogen and oxygen atoms in total. The summed E-state index contributed by atoms with van der Waals surface area (Å²) in [7, 11) is 1.81. The van der Waals surface area contributed by atoms with Crippen molar-refractivity contribution in [2.75, 3.05) is 25.5 Å². The molecule has 2 rings (SSSR count). The van der Waals surface area contributed by atoms with Crippen molar-refractivity contribution >= 4 is 11.7 Å². The second kappa shape index (κ2) is 6.22. The Balaban J connectivity index is 2.23. The first-order valence-corrected chi connectivity index (χ1v) is 7.17. The van der Waals surface area contributed by atoms with Crippen LogP contribution in [0, 0.1) is 0 Å². The van der Waals surface area contributed by atoms with Gasteiger partial charge in [0.15, 0.2) is 0 Å². The zero-order valence-electron chi connectivity index (χ0n) is 12.6. The third-order valence-electron chi connectivity index (χ3n) is 3.45. The van der Waals surface area contributed by atoms with E-state index in [0.717, 1.165) is 17.9 Å². The number of pyridine rings is 1. The minimum atomic E-state index is 0.0561. The Morgan fingerprint density at radius 3 is 2.60 bits per heavy atom. The molecule has 0 saturated carbocycles. The van der Waals surface area contributed by atoms with Gasteiger partial charge in [-0.15, -0.1) is 0 Å². The van der Waals surface area contributed by atoms with E-state index in [-0.39, 0.29) is 18.1 Å². The van der Waals surface area contributed by atoms with E-state index in [0.29, 0.717) is 18.7 Å². The number of nitrogens with zero attached hydrogens (tertiary/aromatic N) is 2. The Hall–Kier alpha value is -1.62. The van der Waals surface area contributed by atoms with Crippen LogP contribution in [0.15, 0.2) is 12.1 Å². The lowest BCUT2D eigenvalue weighted by Gasteiger charge is -2.35. The summed E-state index contributed by atoms with van der Waals surface area (Å²) < 4.78 is 5.67. The summed E-state index contributed by atoms with van der Waals surface area (Å²) in [6.07, 6.45) is 0.976. The SMILES string of the molecule is CCc1cc(C(=O)N2C[C@@H](C)O[C@@H](C)C2)cc(NC)n1. The van der Waals surface area contributed by atoms with Crippen molar-refractivity contribution in [3.05, 3.63) is 23.4 Å². The molecule has 1 aromatic rings. The zero-order chi connectivity index (χ0) is 14.7. The van der Waals surface area contributed by atoms with Crippen LogP contribution in [0.2, 0.25) is 0 Å². The van der Waals surface area contributed by atoms with Gasteiger partial charge in [0.2, 0.25) is 0 Å². The molecule has 0 radical (unpaired) electrons. The maximum atomic E-state index is 12.6. The monoisotopic (exact) mass is 277 g/mol. The van der Waals surface area contributed by atoms with Crippen LogP contribution in [0.4, 0.5) is 5.82 Å². The van der Waals surface area contributed by atoms with Gasteiger partial charge in [0.05, 0.1) is 12.2 Å². The highest BCUT2D eigenvalue weighted by Gasteiger charge is 2.27. The normalized spacial score (nSPS) is 22.7. The van der Waals surface area contributed by atoms with Crippen LogP contribution in [-0.2, 0) is 11.2 Å². The molecule has 20 heavy (non-hydrogen) atoms. The number of rotatable bonds is 3. The highest BCUT2D eigenvalue weighted by Crippen LogP contribution is 2.17. The predicted octanol–water partition coefficient (Wildman–Crippen LogP) is 1.94. The minimum Gasteiger partial charge on any atom is -0.373 e. The highest BCUT2D eigenvalue weighted by molar-refractivity contribution is 5.95. The number of amides is 1. The standard InChI is InChI=1S/C15H23N3O2/c1-5-13-6-12(7-14(16-4)17-13)15(19)18-8-10(2)20-11(3)9-18/h6-7,10-11H,5,8-9H2,1-4H3,(H,16,17)/t10-,11+. The lowest BCUT2D eigenvalue weighted by Crippen LogP contribution is -2.48. The van der Waals surface area contributed by atoms with Crippen molar-refractivity contribution in [2.24, 2.45) is 0 Å². The molecular formula is C15H23N3O2. The van der Waals surface area contributed by atoms with E-state index >= 15 is 0 Å². The lowest BCUT2D eigenvalue weighted by molar-refractivity contribution is -0.0586. The van der Waals surface area contributed by atoms with E-state index < -0.39 is 0 Å². The number of aryl methyl sites for hydroxylation is 1. The number of morpholine rings is 1. The summed E-state index contributed by atoms with van der Waals surface area (Å²) in [6, 6.07) is 3.69. The van der Waals surface area contributed by atoms with Crippen molar-refractivity contribution in [3.8, 4) is 0 Å². The molecule has 0 spiro atoms. The molecule has 5 heteroatoms. The van der Waals surface area contributed by atoms with Gasteiger partial charge < -0.3 is 15.0 Å². The molecule has 1 fully saturated rings. The van der Waals surface area contributed by atoms with Crippen LogP contribution in [0.3, 0.4) is 0 Å². The van der Waals surface area contributed by atoms with Crippen LogP contribution in [0.25, 0.3) is 0 Å². The van der Waals surface area contributed by atoms with Crippen LogP contribution < -0.4 is 5.32 Å². The Labute approximate surface area is 120 Å². The van der Waals surface area contributed by atoms with Crippen molar-refractivity contribution < 1.29 is 9.53 Å². The third-order valence-corrected chi connectivity index (χ3v) is 3.45. The number of hydrogen-bond acceptors (Lipinski definition) is 4. The fourth-order valence-electron chi connectivity index (χ4n) is 2.55. The molecule has 1 aromatic heterocycles. The summed E-state index contributed by atoms with van der Waals surface area (Å²) in [5.41, 5.74) is 1.62. The van der Waals surface area contributed by atoms with Gasteiger partial charge in [0.25, 0.3) is 5.91 Å². The van der Waals surface area contributed by atoms with Gasteiger partial charge in [-0.1, -0.05) is 6.92 Å². The fourth-order valence-corrected chi connectivity index (χ4v) is 2.55. The van der Waals surface area contributed by atoms with E-state index in [1.807, 2.05) is 44.9 Å². The Bertz CT molecular complexity index is 458. The van der Waals surface area contributed by atoms with Gasteiger partial charge >= 0.3 is 0 Å². The molecule has 0 bridgehead atoms. The van der Waals surface area contributed by atoms with Gasteiger partial charge in [-0.05, 0) is 32.4 Å². The van der Waals surface area contributed by atoms with Crippen LogP contribution in [-0.4, -0.2) is 48.1 Å². The van der Waals surface area contributed by atoms with Crippen molar-refractivity contribution in [3.63, 3.8) is 0 Å². The summed E-state index contributed by atoms with van der Waals surface area (Å²) in [4.78, 5) is 18.9. The summed E-state index contributed by atoms with van der Waals surface area (Å²) in [5, 5.41) is 3.01. The van der Waals surface area contributed by atoms with Gasteiger partial charge in [-0.2, -0.15) is 0 Å². The van der Waals surface area contributed by atoms with Gasteiger partial charge in [-0.3, -0.25) is 4.79 Å². The molecule has 2 heterocycles. The first kappa shape index (κ1) is 14.8. The molecule has 1 amide bonds. The Morgan fingerprint density at radius 2 is 2.05 bits per heavy atom. The lowest BCUT2D eigenvalue weighted by atomic mass is 10.1. The molecule has 2 atom stereocenters. The van der Waals surface area contributed by atoms with Crippen molar-refractivity contribution in [2.45, 2.75) is 39.4 Å². The molecule has 1 aliphatic rings. The van der Waals surface area contributed by atoms with Gasteiger partial charge in [0, 0.05) is 31.4 Å². The van der Waals surface area contributed by atoms with Crippen LogP contribution in [0.1, 0.15) is 36.8 Å². The number of hydrogen-bond donors (Lipinski definition) is 1. The minimum absolute atomic E-state index is 0.0561. The summed E-state index contributed by atoms with van der Waals surface area (Å²) in [5.74, 6) is 0.794. The number of carbonyl (C=O) groups excluding carboxylic acids is 1. The molecule has 110 valence electrons. The molecule has 0 unspecified atom stereocenters. The first-order chi connectivity index (χ1) is 9.53. The van der Waals surface area contributed by atoms with E-state index in [1.54, 1.807) is 0 Å². The Kier molecular flexibility index (Phi) is 4.60. The van der Waals surface area contributed by atoms with Crippen LogP contribution in [0.5, 0.6) is 0 Å². The molecule has 1 N–H and O–H groups in total. The van der Waals surface area contributed by atoms with E-state index in [2.05, 4.69) is 10.3 Å². The first-order valence-electron chi connectivity index (χ1n) is 7.17. The molecule has 1 aliphatic heterocycles. The Morgan fingerprint density at radius 1 is 1.40 bits per heavy atom. The topological polar surface area (TPSA) is 54.5 Å². The third kappa shape index (κ3) is 3.28. The average molecular weight is 277 g/mol. The van der Waals surface area contributed by atoms with E-state index in [1.165, 1.54) is 0 Å². The highest BCUT2D eigenvalue weighted by atomic mass is 16.5. The van der Waals surface area contributed by atoms with Gasteiger partial charge in [-0.25, -0.2) is 4.98 Å². The molecular weight excluding hydrogens is 254 g/mol. The molecule has 0 aromatic carbocycles. The molecule has 1 saturated heterocycles. The number of carbonyl (C=O) groups is 1. The van der Waals surface area contributed by atoms with Crippen LogP contribution >= 0.6 is 0 Å². The average Bonchev–Trinajstić information content (AvgIpc) is 2.44. The second-order valence-corrected chi connectivity index (χ2v) is 5.30. The number of aromatic nitrogens is 1. The zero-order valence-corrected chi connectivity index (χ0v) is 12.6. The van der Waals surface area contributed by atoms with E-state index in [4.69, 9.17) is 4.74 Å². The summed E-state index contributed by atoms with van der Waals surface area (Å²) in [6.45, 7) is 7.32. The second-order valence-electron chi connectivity index (χ2n) is 5.30. The van der Waals surface area contributed by atoms with E-state index in [9.17, 15) is 4.79 Å². The number of nitrogens with one attached hydrogen (secondary N) is 1. The fraction of sp³-hybridized carbons (Fsp3) is 0.600. The largest absolute Gasteiger partial charge is 0.373 e. The molecule has 0 aliphatic carbocycles. The maximum Gasteiger partial charge on any atom is 0.254 e. The number of anilines is 1. The summed E-state index contributed by atoms with van der Waals surface area (Å²) >= 11 is 0.